The molecule has 0 aromatic carbocycles. The van der Waals surface area contributed by atoms with Crippen molar-refractivity contribution in [1.82, 2.24) is 10.2 Å². The van der Waals surface area contributed by atoms with Crippen molar-refractivity contribution < 1.29 is 0 Å². The van der Waals surface area contributed by atoms with Crippen LogP contribution in [0.3, 0.4) is 0 Å². The first-order chi connectivity index (χ1) is 7.89. The molecule has 0 saturated carbocycles. The highest BCUT2D eigenvalue weighted by Crippen LogP contribution is 2.34. The lowest BCUT2D eigenvalue weighted by molar-refractivity contribution is 0.368. The molecular weight excluding hydrogens is 232 g/mol. The summed E-state index contributed by atoms with van der Waals surface area (Å²) in [6.45, 7) is 8.35. The molecule has 1 heterocycles. The lowest BCUT2D eigenvalue weighted by Crippen LogP contribution is -2.27. The summed E-state index contributed by atoms with van der Waals surface area (Å²) in [6.07, 6.45) is 1.90. The normalized spacial score (nSPS) is 20.1. The van der Waals surface area contributed by atoms with E-state index in [4.69, 9.17) is 12.2 Å². The third-order valence-corrected chi connectivity index (χ3v) is 3.12. The van der Waals surface area contributed by atoms with Gasteiger partial charge in [0, 0.05) is 11.4 Å². The van der Waals surface area contributed by atoms with E-state index in [0.29, 0.717) is 0 Å². The summed E-state index contributed by atoms with van der Waals surface area (Å²) in [5.74, 6) is 0. The lowest BCUT2D eigenvalue weighted by Gasteiger charge is -2.29. The fourth-order valence-corrected chi connectivity index (χ4v) is 2.45. The number of aromatic amines is 2. The van der Waals surface area contributed by atoms with Crippen LogP contribution in [0.25, 0.3) is 0 Å². The Labute approximate surface area is 106 Å². The van der Waals surface area contributed by atoms with Gasteiger partial charge in [-0.2, -0.15) is 10.2 Å². The molecule has 4 nitrogen and oxygen atoms in total. The van der Waals surface area contributed by atoms with Crippen LogP contribution in [0.5, 0.6) is 0 Å². The van der Waals surface area contributed by atoms with Gasteiger partial charge in [0.1, 0.15) is 4.64 Å². The van der Waals surface area contributed by atoms with Crippen LogP contribution in [0.15, 0.2) is 10.2 Å². The quantitative estimate of drug-likeness (QED) is 0.449. The zero-order valence-corrected chi connectivity index (χ0v) is 11.5. The van der Waals surface area contributed by atoms with Crippen LogP contribution < -0.4 is 0 Å². The molecule has 0 amide bonds. The molecule has 2 rings (SSSR count). The van der Waals surface area contributed by atoms with Crippen LogP contribution in [0.2, 0.25) is 0 Å². The van der Waals surface area contributed by atoms with Gasteiger partial charge in [0.2, 0.25) is 0 Å². The topological polar surface area (TPSA) is 56.3 Å². The minimum Gasteiger partial charge on any atom is -0.303 e. The molecule has 0 unspecified atom stereocenters. The van der Waals surface area contributed by atoms with E-state index in [1.807, 2.05) is 13.8 Å². The van der Waals surface area contributed by atoms with Crippen LogP contribution in [0.1, 0.15) is 45.4 Å². The highest BCUT2D eigenvalue weighted by Gasteiger charge is 2.31. The minimum absolute atomic E-state index is 0.198. The number of H-pyrrole nitrogens is 2. The zero-order valence-electron chi connectivity index (χ0n) is 10.7. The second-order valence-corrected chi connectivity index (χ2v) is 5.95. The van der Waals surface area contributed by atoms with Crippen LogP contribution in [-0.4, -0.2) is 21.6 Å². The SMILES string of the molecule is CC(C)=N/N=C1\CC(C)(C)Cc2[nH][nH]c(=S)c21. The highest BCUT2D eigenvalue weighted by molar-refractivity contribution is 7.71. The second-order valence-electron chi connectivity index (χ2n) is 5.54. The fourth-order valence-electron chi connectivity index (χ4n) is 2.16. The first-order valence-corrected chi connectivity index (χ1v) is 6.17. The molecule has 2 N–H and O–H groups in total. The summed E-state index contributed by atoms with van der Waals surface area (Å²) >= 11 is 5.29. The number of fused-ring (bicyclic) bond motifs is 1. The maximum Gasteiger partial charge on any atom is 0.128 e. The second kappa shape index (κ2) is 4.22. The van der Waals surface area contributed by atoms with Crippen molar-refractivity contribution in [3.63, 3.8) is 0 Å². The number of nitrogens with one attached hydrogen (secondary N) is 2. The number of aromatic nitrogens is 2. The summed E-state index contributed by atoms with van der Waals surface area (Å²) in [4.78, 5) is 0. The molecule has 0 spiro atoms. The first-order valence-electron chi connectivity index (χ1n) is 5.77. The molecule has 17 heavy (non-hydrogen) atoms. The summed E-state index contributed by atoms with van der Waals surface area (Å²) in [5, 5.41) is 14.7. The molecule has 0 bridgehead atoms. The Morgan fingerprint density at radius 2 is 1.94 bits per heavy atom. The van der Waals surface area contributed by atoms with Crippen molar-refractivity contribution in [2.45, 2.75) is 40.5 Å². The van der Waals surface area contributed by atoms with Crippen molar-refractivity contribution in [3.05, 3.63) is 15.9 Å². The van der Waals surface area contributed by atoms with Gasteiger partial charge in [-0.15, -0.1) is 0 Å². The molecule has 1 aromatic heterocycles. The molecule has 0 saturated heterocycles. The molecule has 1 aliphatic carbocycles. The Morgan fingerprint density at radius 1 is 1.24 bits per heavy atom. The number of hydrogen-bond donors (Lipinski definition) is 2. The average molecular weight is 250 g/mol. The Hall–Kier alpha value is -1.23. The summed E-state index contributed by atoms with van der Waals surface area (Å²) in [5.41, 5.74) is 4.33. The van der Waals surface area contributed by atoms with Crippen LogP contribution >= 0.6 is 12.2 Å². The molecule has 1 aliphatic rings. The van der Waals surface area contributed by atoms with Crippen molar-refractivity contribution in [1.29, 1.82) is 0 Å². The standard InChI is InChI=1S/C12H18N4S/c1-7(2)13-14-8-5-12(3,4)6-9-10(8)11(17)16-15-9/h5-6H2,1-4H3,(H2,15,16,17)/b14-8+. The number of hydrogen-bond acceptors (Lipinski definition) is 3. The number of rotatable bonds is 1. The molecule has 0 radical (unpaired) electrons. The van der Waals surface area contributed by atoms with E-state index in [2.05, 4.69) is 34.2 Å². The Bertz CT molecular complexity index is 541. The van der Waals surface area contributed by atoms with Gasteiger partial charge >= 0.3 is 0 Å². The van der Waals surface area contributed by atoms with Gasteiger partial charge in [-0.3, -0.25) is 5.10 Å². The van der Waals surface area contributed by atoms with Gasteiger partial charge in [-0.25, -0.2) is 0 Å². The van der Waals surface area contributed by atoms with Crippen molar-refractivity contribution >= 4 is 23.6 Å². The van der Waals surface area contributed by atoms with Crippen molar-refractivity contribution in [2.75, 3.05) is 0 Å². The Morgan fingerprint density at radius 3 is 2.59 bits per heavy atom. The van der Waals surface area contributed by atoms with E-state index < -0.39 is 0 Å². The van der Waals surface area contributed by atoms with E-state index in [-0.39, 0.29) is 5.41 Å². The predicted molar refractivity (Wildman–Crippen MR) is 73.4 cm³/mol. The van der Waals surface area contributed by atoms with E-state index in [1.54, 1.807) is 0 Å². The molecular formula is C12H18N4S. The van der Waals surface area contributed by atoms with Crippen molar-refractivity contribution in [2.24, 2.45) is 15.6 Å². The van der Waals surface area contributed by atoms with Gasteiger partial charge in [-0.05, 0) is 32.1 Å². The lowest BCUT2D eigenvalue weighted by atomic mass is 9.76. The monoisotopic (exact) mass is 250 g/mol. The average Bonchev–Trinajstić information content (AvgIpc) is 2.54. The third-order valence-electron chi connectivity index (χ3n) is 2.82. The largest absolute Gasteiger partial charge is 0.303 e. The maximum atomic E-state index is 5.29. The minimum atomic E-state index is 0.198. The fraction of sp³-hybridized carbons (Fsp3) is 0.583. The highest BCUT2D eigenvalue weighted by atomic mass is 32.1. The molecule has 0 fully saturated rings. The van der Waals surface area contributed by atoms with Gasteiger partial charge in [0.05, 0.1) is 11.3 Å². The first kappa shape index (κ1) is 12.2. The van der Waals surface area contributed by atoms with Gasteiger partial charge in [-0.1, -0.05) is 26.1 Å². The zero-order chi connectivity index (χ0) is 12.6. The summed E-state index contributed by atoms with van der Waals surface area (Å²) < 4.78 is 0.734. The number of nitrogens with zero attached hydrogens (tertiary/aromatic N) is 2. The third kappa shape index (κ3) is 2.54. The molecule has 5 heteroatoms. The Kier molecular flexibility index (Phi) is 3.03. The van der Waals surface area contributed by atoms with E-state index >= 15 is 0 Å². The molecule has 0 atom stereocenters. The smallest absolute Gasteiger partial charge is 0.128 e. The molecule has 0 aliphatic heterocycles. The predicted octanol–water partition coefficient (Wildman–Crippen LogP) is 3.23. The summed E-state index contributed by atoms with van der Waals surface area (Å²) in [7, 11) is 0. The van der Waals surface area contributed by atoms with E-state index in [0.717, 1.165) is 40.2 Å². The molecule has 1 aromatic rings. The van der Waals surface area contributed by atoms with E-state index in [1.165, 1.54) is 0 Å². The van der Waals surface area contributed by atoms with E-state index in [9.17, 15) is 0 Å². The van der Waals surface area contributed by atoms with Crippen LogP contribution in [-0.2, 0) is 6.42 Å². The summed E-state index contributed by atoms with van der Waals surface area (Å²) in [6, 6.07) is 0. The van der Waals surface area contributed by atoms with Crippen molar-refractivity contribution in [3.8, 4) is 0 Å². The molecule has 92 valence electrons. The maximum absolute atomic E-state index is 5.29. The van der Waals surface area contributed by atoms with Gasteiger partial charge in [0.25, 0.3) is 0 Å². The van der Waals surface area contributed by atoms with Crippen LogP contribution in [0, 0.1) is 10.1 Å². The van der Waals surface area contributed by atoms with Gasteiger partial charge in [0.15, 0.2) is 0 Å². The van der Waals surface area contributed by atoms with Crippen LogP contribution in [0.4, 0.5) is 0 Å². The Balaban J connectivity index is 2.53. The van der Waals surface area contributed by atoms with Gasteiger partial charge < -0.3 is 5.10 Å².